The van der Waals surface area contributed by atoms with Gasteiger partial charge >= 0.3 is 5.97 Å². The van der Waals surface area contributed by atoms with Crippen LogP contribution >= 0.6 is 15.9 Å². The first-order valence-electron chi connectivity index (χ1n) is 8.23. The Hall–Kier alpha value is -3.20. The number of aromatic nitrogens is 2. The summed E-state index contributed by atoms with van der Waals surface area (Å²) in [4.78, 5) is 28.3. The van der Waals surface area contributed by atoms with Crippen LogP contribution < -0.4 is 10.1 Å². The van der Waals surface area contributed by atoms with Crippen molar-refractivity contribution in [1.82, 2.24) is 10.1 Å². The molecule has 0 spiro atoms. The van der Waals surface area contributed by atoms with Gasteiger partial charge in [-0.3, -0.25) is 4.79 Å². The molecule has 28 heavy (non-hydrogen) atoms. The number of nitrogens with zero attached hydrogens (tertiary/aromatic N) is 2. The summed E-state index contributed by atoms with van der Waals surface area (Å²) in [6.45, 7) is -0.193. The minimum Gasteiger partial charge on any atom is -0.495 e. The van der Waals surface area contributed by atoms with E-state index in [9.17, 15) is 9.59 Å². The summed E-state index contributed by atoms with van der Waals surface area (Å²) >= 11 is 3.29. The number of ether oxygens (including phenoxy) is 2. The number of carbonyl (C=O) groups excluding carboxylic acids is 2. The Morgan fingerprint density at radius 2 is 1.89 bits per heavy atom. The summed E-state index contributed by atoms with van der Waals surface area (Å²) in [6.07, 6.45) is -0.0975. The van der Waals surface area contributed by atoms with Gasteiger partial charge in [0.1, 0.15) is 5.75 Å². The lowest BCUT2D eigenvalue weighted by molar-refractivity contribution is -0.115. The van der Waals surface area contributed by atoms with Gasteiger partial charge in [0, 0.05) is 4.47 Å². The Kier molecular flexibility index (Phi) is 6.38. The lowest BCUT2D eigenvalue weighted by atomic mass is 10.2. The predicted molar refractivity (Wildman–Crippen MR) is 103 cm³/mol. The number of halogens is 1. The van der Waals surface area contributed by atoms with E-state index in [1.807, 2.05) is 0 Å². The highest BCUT2D eigenvalue weighted by molar-refractivity contribution is 9.10. The van der Waals surface area contributed by atoms with Gasteiger partial charge in [0.2, 0.25) is 5.91 Å². The van der Waals surface area contributed by atoms with Gasteiger partial charge in [-0.15, -0.1) is 0 Å². The average molecular weight is 446 g/mol. The van der Waals surface area contributed by atoms with Crippen molar-refractivity contribution >= 4 is 33.5 Å². The summed E-state index contributed by atoms with van der Waals surface area (Å²) in [5.74, 6) is -0.0355. The van der Waals surface area contributed by atoms with Crippen molar-refractivity contribution in [3.8, 4) is 5.75 Å². The van der Waals surface area contributed by atoms with E-state index < -0.39 is 5.97 Å². The topological polar surface area (TPSA) is 104 Å². The number of nitrogens with one attached hydrogen (secondary N) is 1. The van der Waals surface area contributed by atoms with E-state index in [4.69, 9.17) is 14.0 Å². The molecule has 0 aliphatic carbocycles. The Balaban J connectivity index is 1.54. The molecule has 0 saturated heterocycles. The van der Waals surface area contributed by atoms with E-state index in [2.05, 4.69) is 31.4 Å². The molecular weight excluding hydrogens is 430 g/mol. The lowest BCUT2D eigenvalue weighted by Gasteiger charge is -2.08. The molecule has 0 saturated carbocycles. The number of methoxy groups -OCH3 is 1. The van der Waals surface area contributed by atoms with Crippen molar-refractivity contribution in [2.75, 3.05) is 12.4 Å². The number of rotatable bonds is 7. The number of benzene rings is 2. The van der Waals surface area contributed by atoms with Crippen LogP contribution in [0.5, 0.6) is 5.75 Å². The third kappa shape index (κ3) is 4.95. The number of esters is 1. The number of carbonyl (C=O) groups is 2. The highest BCUT2D eigenvalue weighted by Crippen LogP contribution is 2.23. The normalized spacial score (nSPS) is 10.4. The third-order valence-corrected chi connectivity index (χ3v) is 4.32. The van der Waals surface area contributed by atoms with Crippen LogP contribution in [0.1, 0.15) is 22.1 Å². The highest BCUT2D eigenvalue weighted by Gasteiger charge is 2.16. The van der Waals surface area contributed by atoms with Crippen LogP contribution in [-0.2, 0) is 22.6 Å². The summed E-state index contributed by atoms with van der Waals surface area (Å²) in [5, 5.41) is 6.45. The Bertz CT molecular complexity index is 989. The van der Waals surface area contributed by atoms with Gasteiger partial charge in [-0.2, -0.15) is 4.98 Å². The van der Waals surface area contributed by atoms with E-state index in [1.54, 1.807) is 48.5 Å². The van der Waals surface area contributed by atoms with Crippen LogP contribution in [0.3, 0.4) is 0 Å². The maximum atomic E-state index is 12.2. The number of hydrogen-bond acceptors (Lipinski definition) is 7. The summed E-state index contributed by atoms with van der Waals surface area (Å²) in [7, 11) is 1.52. The van der Waals surface area contributed by atoms with E-state index in [0.29, 0.717) is 21.5 Å². The zero-order valence-corrected chi connectivity index (χ0v) is 16.4. The summed E-state index contributed by atoms with van der Waals surface area (Å²) in [6, 6.07) is 13.9. The molecule has 0 atom stereocenters. The van der Waals surface area contributed by atoms with E-state index in [0.717, 1.165) is 0 Å². The molecule has 1 N–H and O–H groups in total. The molecule has 1 amide bonds. The molecule has 0 unspecified atom stereocenters. The first kappa shape index (κ1) is 19.6. The van der Waals surface area contributed by atoms with Crippen LogP contribution in [0.25, 0.3) is 0 Å². The first-order valence-corrected chi connectivity index (χ1v) is 9.02. The molecule has 0 aliphatic heterocycles. The molecule has 0 aliphatic rings. The molecular formula is C19H16BrN3O5. The molecule has 144 valence electrons. The standard InChI is InChI=1S/C19H16BrN3O5/c1-26-15-9-5-4-8-14(15)21-17(24)10-16-22-18(28-23-16)11-27-19(25)12-6-2-3-7-13(12)20/h2-9H,10-11H2,1H3,(H,21,24). The Morgan fingerprint density at radius 1 is 1.14 bits per heavy atom. The molecule has 0 fully saturated rings. The van der Waals surface area contributed by atoms with Gasteiger partial charge < -0.3 is 19.3 Å². The second-order valence-corrected chi connectivity index (χ2v) is 6.44. The fourth-order valence-corrected chi connectivity index (χ4v) is 2.78. The van der Waals surface area contributed by atoms with Gasteiger partial charge in [-0.05, 0) is 40.2 Å². The average Bonchev–Trinajstić information content (AvgIpc) is 3.14. The van der Waals surface area contributed by atoms with Crippen molar-refractivity contribution in [2.45, 2.75) is 13.0 Å². The van der Waals surface area contributed by atoms with E-state index in [1.165, 1.54) is 7.11 Å². The van der Waals surface area contributed by atoms with Gasteiger partial charge in [0.25, 0.3) is 5.89 Å². The van der Waals surface area contributed by atoms with Crippen LogP contribution in [0, 0.1) is 0 Å². The maximum Gasteiger partial charge on any atom is 0.339 e. The van der Waals surface area contributed by atoms with Crippen LogP contribution in [0.2, 0.25) is 0 Å². The number of hydrogen-bond donors (Lipinski definition) is 1. The number of amides is 1. The predicted octanol–water partition coefficient (Wildman–Crippen LogP) is 3.38. The molecule has 2 aromatic carbocycles. The van der Waals surface area contributed by atoms with Crippen molar-refractivity contribution in [3.63, 3.8) is 0 Å². The molecule has 0 radical (unpaired) electrons. The fourth-order valence-electron chi connectivity index (χ4n) is 2.34. The van der Waals surface area contributed by atoms with Crippen LogP contribution in [0.4, 0.5) is 5.69 Å². The summed E-state index contributed by atoms with van der Waals surface area (Å²) < 4.78 is 16.0. The SMILES string of the molecule is COc1ccccc1NC(=O)Cc1noc(COC(=O)c2ccccc2Br)n1. The zero-order valence-electron chi connectivity index (χ0n) is 14.8. The van der Waals surface area contributed by atoms with Crippen molar-refractivity contribution in [3.05, 3.63) is 70.3 Å². The van der Waals surface area contributed by atoms with Gasteiger partial charge in [0.15, 0.2) is 12.4 Å². The molecule has 9 heteroatoms. The van der Waals surface area contributed by atoms with Gasteiger partial charge in [0.05, 0.1) is 24.8 Å². The molecule has 1 heterocycles. The molecule has 8 nitrogen and oxygen atoms in total. The monoisotopic (exact) mass is 445 g/mol. The zero-order chi connectivity index (χ0) is 19.9. The maximum absolute atomic E-state index is 12.2. The van der Waals surface area contributed by atoms with Crippen molar-refractivity contribution in [2.24, 2.45) is 0 Å². The minimum absolute atomic E-state index is 0.0975. The molecule has 0 bridgehead atoms. The molecule has 3 aromatic rings. The Labute approximate surface area is 169 Å². The number of para-hydroxylation sites is 2. The molecule has 1 aromatic heterocycles. The lowest BCUT2D eigenvalue weighted by Crippen LogP contribution is -2.15. The first-order chi connectivity index (χ1) is 13.6. The minimum atomic E-state index is -0.527. The van der Waals surface area contributed by atoms with E-state index >= 15 is 0 Å². The van der Waals surface area contributed by atoms with Crippen LogP contribution in [-0.4, -0.2) is 29.1 Å². The highest BCUT2D eigenvalue weighted by atomic mass is 79.9. The van der Waals surface area contributed by atoms with E-state index in [-0.39, 0.29) is 30.7 Å². The second-order valence-electron chi connectivity index (χ2n) is 5.59. The fraction of sp³-hybridized carbons (Fsp3) is 0.158. The van der Waals surface area contributed by atoms with Crippen molar-refractivity contribution < 1.29 is 23.6 Å². The van der Waals surface area contributed by atoms with Crippen molar-refractivity contribution in [1.29, 1.82) is 0 Å². The second kappa shape index (κ2) is 9.14. The largest absolute Gasteiger partial charge is 0.495 e. The summed E-state index contributed by atoms with van der Waals surface area (Å²) in [5.41, 5.74) is 0.930. The quantitative estimate of drug-likeness (QED) is 0.555. The third-order valence-electron chi connectivity index (χ3n) is 3.63. The molecule has 3 rings (SSSR count). The van der Waals surface area contributed by atoms with Gasteiger partial charge in [-0.1, -0.05) is 29.4 Å². The number of anilines is 1. The smallest absolute Gasteiger partial charge is 0.339 e. The van der Waals surface area contributed by atoms with Gasteiger partial charge in [-0.25, -0.2) is 4.79 Å². The van der Waals surface area contributed by atoms with Crippen LogP contribution in [0.15, 0.2) is 57.5 Å². The Morgan fingerprint density at radius 3 is 2.68 bits per heavy atom.